The van der Waals surface area contributed by atoms with Crippen LogP contribution in [0.1, 0.15) is 109 Å². The Morgan fingerprint density at radius 2 is 1.66 bits per heavy atom. The van der Waals surface area contributed by atoms with Gasteiger partial charge < -0.3 is 9.84 Å². The third kappa shape index (κ3) is 7.62. The molecule has 8 nitrogen and oxygen atoms in total. The van der Waals surface area contributed by atoms with Crippen LogP contribution in [-0.2, 0) is 23.3 Å². The van der Waals surface area contributed by atoms with Crippen LogP contribution in [-0.4, -0.2) is 35.9 Å². The topological polar surface area (TPSA) is 109 Å². The quantitative estimate of drug-likeness (QED) is 0.353. The van der Waals surface area contributed by atoms with Gasteiger partial charge in [-0.2, -0.15) is 12.7 Å². The predicted octanol–water partition coefficient (Wildman–Crippen LogP) is 6.82. The number of nitrogens with one attached hydrogen (secondary N) is 1. The van der Waals surface area contributed by atoms with Gasteiger partial charge in [0.25, 0.3) is 0 Å². The van der Waals surface area contributed by atoms with Crippen molar-refractivity contribution < 1.29 is 23.1 Å². The maximum Gasteiger partial charge on any atom is 0.335 e. The van der Waals surface area contributed by atoms with Gasteiger partial charge in [0, 0.05) is 10.8 Å². The number of carboxylic acids is 1. The molecule has 3 aliphatic rings. The molecule has 0 spiro atoms. The van der Waals surface area contributed by atoms with Gasteiger partial charge in [-0.05, 0) is 48.8 Å². The first-order valence-corrected chi connectivity index (χ1v) is 17.3. The van der Waals surface area contributed by atoms with Crippen LogP contribution in [0.25, 0.3) is 0 Å². The normalized spacial score (nSPS) is 22.8. The Morgan fingerprint density at radius 1 is 1.00 bits per heavy atom. The number of hydrogen-bond donors (Lipinski definition) is 2. The van der Waals surface area contributed by atoms with Gasteiger partial charge >= 0.3 is 16.2 Å². The summed E-state index contributed by atoms with van der Waals surface area (Å²) in [5.74, 6) is 8.10. The van der Waals surface area contributed by atoms with Gasteiger partial charge in [0.15, 0.2) is 5.01 Å². The molecule has 2 aromatic rings. The van der Waals surface area contributed by atoms with Crippen molar-refractivity contribution in [1.29, 1.82) is 0 Å². The molecule has 0 radical (unpaired) electrons. The molecule has 0 saturated heterocycles. The highest BCUT2D eigenvalue weighted by atomic mass is 32.2. The molecule has 2 saturated carbocycles. The molecule has 2 N–H and O–H groups in total. The number of benzene rings is 1. The Hall–Kier alpha value is -2.61. The largest absolute Gasteiger partial charge is 0.495 e. The van der Waals surface area contributed by atoms with Crippen molar-refractivity contribution in [2.75, 3.05) is 11.8 Å². The zero-order valence-electron chi connectivity index (χ0n) is 23.9. The molecular weight excluding hydrogens is 558 g/mol. The zero-order valence-corrected chi connectivity index (χ0v) is 25.5. The monoisotopic (exact) mass is 599 g/mol. The summed E-state index contributed by atoms with van der Waals surface area (Å²) in [5, 5.41) is 9.95. The summed E-state index contributed by atoms with van der Waals surface area (Å²) >= 11 is 1.47. The van der Waals surface area contributed by atoms with E-state index in [9.17, 15) is 18.3 Å². The number of aromatic carboxylic acids is 1. The van der Waals surface area contributed by atoms with Crippen molar-refractivity contribution in [3.05, 3.63) is 39.3 Å². The second-order valence-electron chi connectivity index (χ2n) is 11.7. The van der Waals surface area contributed by atoms with Gasteiger partial charge in [-0.15, -0.1) is 11.3 Å². The first-order chi connectivity index (χ1) is 19.8. The first kappa shape index (κ1) is 29.9. The molecule has 5 rings (SSSR count). The van der Waals surface area contributed by atoms with E-state index in [1.54, 1.807) is 0 Å². The fraction of sp³-hybridized carbons (Fsp3) is 0.613. The molecule has 0 unspecified atom stereocenters. The second kappa shape index (κ2) is 13.6. The van der Waals surface area contributed by atoms with Gasteiger partial charge in [-0.25, -0.2) is 9.78 Å². The summed E-state index contributed by atoms with van der Waals surface area (Å²) in [6.45, 7) is 0.399. The van der Waals surface area contributed by atoms with Crippen molar-refractivity contribution in [2.45, 2.75) is 96.6 Å². The Kier molecular flexibility index (Phi) is 9.89. The Bertz CT molecular complexity index is 1350. The van der Waals surface area contributed by atoms with Crippen LogP contribution in [0.2, 0.25) is 0 Å². The van der Waals surface area contributed by atoms with E-state index in [0.717, 1.165) is 40.3 Å². The number of ether oxygens (including phenoxy) is 1. The van der Waals surface area contributed by atoms with Crippen LogP contribution < -0.4 is 9.46 Å². The van der Waals surface area contributed by atoms with E-state index < -0.39 is 16.2 Å². The number of anilines is 1. The number of nitrogens with zero attached hydrogens (tertiary/aromatic N) is 2. The number of fused-ring (bicyclic) bond motifs is 1. The van der Waals surface area contributed by atoms with Crippen molar-refractivity contribution in [2.24, 2.45) is 17.8 Å². The number of thiazole rings is 1. The maximum absolute atomic E-state index is 13.1. The van der Waals surface area contributed by atoms with Crippen molar-refractivity contribution >= 4 is 33.2 Å². The van der Waals surface area contributed by atoms with Crippen LogP contribution in [0.15, 0.2) is 18.2 Å². The summed E-state index contributed by atoms with van der Waals surface area (Å²) in [5.41, 5.74) is 0.944. The van der Waals surface area contributed by atoms with E-state index in [4.69, 9.17) is 4.74 Å². The molecule has 2 fully saturated rings. The van der Waals surface area contributed by atoms with Crippen LogP contribution in [0, 0.1) is 29.6 Å². The molecule has 41 heavy (non-hydrogen) atoms. The highest BCUT2D eigenvalue weighted by molar-refractivity contribution is 7.90. The zero-order chi connectivity index (χ0) is 28.8. The van der Waals surface area contributed by atoms with E-state index in [1.165, 1.54) is 112 Å². The van der Waals surface area contributed by atoms with Crippen molar-refractivity contribution in [3.63, 3.8) is 0 Å². The molecular formula is C31H41N3O5S2. The van der Waals surface area contributed by atoms with Crippen LogP contribution >= 0.6 is 11.3 Å². The highest BCUT2D eigenvalue weighted by Gasteiger charge is 2.33. The first-order valence-electron chi connectivity index (χ1n) is 15.0. The lowest BCUT2D eigenvalue weighted by Crippen LogP contribution is -2.31. The minimum atomic E-state index is -3.90. The summed E-state index contributed by atoms with van der Waals surface area (Å²) in [7, 11) is -2.53. The van der Waals surface area contributed by atoms with Crippen molar-refractivity contribution in [1.82, 2.24) is 9.29 Å². The molecule has 1 aromatic carbocycles. The molecule has 0 bridgehead atoms. The number of methoxy groups -OCH3 is 1. The lowest BCUT2D eigenvalue weighted by atomic mass is 9.75. The summed E-state index contributed by atoms with van der Waals surface area (Å²) in [6, 6.07) is 4.02. The van der Waals surface area contributed by atoms with Gasteiger partial charge in [-0.3, -0.25) is 4.72 Å². The summed E-state index contributed by atoms with van der Waals surface area (Å²) in [6.07, 6.45) is 17.5. The molecule has 2 aliphatic carbocycles. The number of hydrogen-bond acceptors (Lipinski definition) is 6. The van der Waals surface area contributed by atoms with Crippen LogP contribution in [0.4, 0.5) is 5.69 Å². The molecule has 2 heterocycles. The Balaban J connectivity index is 1.14. The van der Waals surface area contributed by atoms with Crippen LogP contribution in [0.5, 0.6) is 5.75 Å². The molecule has 0 atom stereocenters. The van der Waals surface area contributed by atoms with E-state index in [-0.39, 0.29) is 30.1 Å². The minimum absolute atomic E-state index is 0.0137. The van der Waals surface area contributed by atoms with Gasteiger partial charge in [0.2, 0.25) is 0 Å². The van der Waals surface area contributed by atoms with Crippen LogP contribution in [0.3, 0.4) is 0 Å². The van der Waals surface area contributed by atoms with E-state index in [2.05, 4.69) is 21.5 Å². The Labute approximate surface area is 248 Å². The fourth-order valence-electron chi connectivity index (χ4n) is 6.63. The van der Waals surface area contributed by atoms with Crippen molar-refractivity contribution in [3.8, 4) is 17.6 Å². The molecule has 0 amide bonds. The third-order valence-electron chi connectivity index (χ3n) is 8.91. The number of carbonyl (C=O) groups is 1. The lowest BCUT2D eigenvalue weighted by molar-refractivity contribution is 0.0696. The SMILES string of the molecule is COc1cc(C(=O)O)ccc1NS(=O)(=O)N1Cc2nc(C#CC3CCCC(C4CCCCCCC4)CCC3)sc2C1. The second-order valence-corrected chi connectivity index (χ2v) is 14.4. The van der Waals surface area contributed by atoms with Gasteiger partial charge in [0.05, 0.1) is 37.1 Å². The summed E-state index contributed by atoms with van der Waals surface area (Å²) in [4.78, 5) is 16.8. The average Bonchev–Trinajstić information content (AvgIpc) is 3.48. The standard InChI is InChI=1S/C31H41N3O5S2/c1-39-28-19-25(31(35)36)16-17-26(28)33-41(37,38)34-20-27-29(21-34)40-30(32-27)18-15-22-9-7-13-24(14-8-10-22)23-11-5-3-2-4-6-12-23/h16-17,19,22-24,33H,2-14,20-21H2,1H3,(H,35,36). The third-order valence-corrected chi connectivity index (χ3v) is 11.3. The lowest BCUT2D eigenvalue weighted by Gasteiger charge is -2.31. The number of rotatable bonds is 6. The van der Waals surface area contributed by atoms with Gasteiger partial charge in [-0.1, -0.05) is 76.5 Å². The minimum Gasteiger partial charge on any atom is -0.495 e. The van der Waals surface area contributed by atoms with E-state index in [1.807, 2.05) is 0 Å². The molecule has 222 valence electrons. The predicted molar refractivity (Wildman–Crippen MR) is 161 cm³/mol. The molecule has 10 heteroatoms. The molecule has 1 aliphatic heterocycles. The van der Waals surface area contributed by atoms with E-state index in [0.29, 0.717) is 5.92 Å². The van der Waals surface area contributed by atoms with Gasteiger partial charge in [0.1, 0.15) is 5.75 Å². The smallest absolute Gasteiger partial charge is 0.335 e. The number of aromatic nitrogens is 1. The maximum atomic E-state index is 13.1. The highest BCUT2D eigenvalue weighted by Crippen LogP contribution is 2.37. The number of carboxylic acid groups (broad SMARTS) is 1. The Morgan fingerprint density at radius 3 is 2.29 bits per heavy atom. The average molecular weight is 600 g/mol. The fourth-order valence-corrected chi connectivity index (χ4v) is 8.83. The molecule has 1 aromatic heterocycles. The summed E-state index contributed by atoms with van der Waals surface area (Å²) < 4.78 is 35.2. The van der Waals surface area contributed by atoms with E-state index >= 15 is 0 Å².